The number of carboxylic acids is 1. The predicted octanol–water partition coefficient (Wildman–Crippen LogP) is 4.13. The van der Waals surface area contributed by atoms with Gasteiger partial charge in [-0.15, -0.1) is 0 Å². The summed E-state index contributed by atoms with van der Waals surface area (Å²) in [4.78, 5) is 88.8. The van der Waals surface area contributed by atoms with Crippen molar-refractivity contribution in [1.82, 2.24) is 35.1 Å². The number of likely N-dealkylation sites (N-methyl/N-ethyl adjacent to an activating group) is 2. The van der Waals surface area contributed by atoms with Crippen molar-refractivity contribution in [2.75, 3.05) is 66.0 Å². The molecule has 340 valence electrons. The van der Waals surface area contributed by atoms with Gasteiger partial charge in [0.05, 0.1) is 43.6 Å². The molecule has 21 nitrogen and oxygen atoms in total. The van der Waals surface area contributed by atoms with Gasteiger partial charge in [0, 0.05) is 57.0 Å². The fourth-order valence-corrected chi connectivity index (χ4v) is 4.70. The lowest BCUT2D eigenvalue weighted by Crippen LogP contribution is -2.39. The number of ether oxygens (including phenoxy) is 4. The molecule has 8 N–H and O–H groups in total. The van der Waals surface area contributed by atoms with Crippen molar-refractivity contribution in [3.63, 3.8) is 0 Å². The molecular weight excluding hydrogens is 821 g/mol. The van der Waals surface area contributed by atoms with Crippen LogP contribution in [0.1, 0.15) is 83.2 Å². The zero-order valence-corrected chi connectivity index (χ0v) is 37.0. The van der Waals surface area contributed by atoms with Gasteiger partial charge in [0.2, 0.25) is 0 Å². The van der Waals surface area contributed by atoms with Crippen LogP contribution >= 0.6 is 0 Å². The third kappa shape index (κ3) is 17.2. The van der Waals surface area contributed by atoms with E-state index in [0.717, 1.165) is 0 Å². The van der Waals surface area contributed by atoms with Crippen molar-refractivity contribution >= 4 is 47.6 Å². The van der Waals surface area contributed by atoms with E-state index in [0.29, 0.717) is 41.2 Å². The number of carboxylic acid groups (broad SMARTS) is 1. The molecule has 3 amide bonds. The Morgan fingerprint density at radius 2 is 1.10 bits per heavy atom. The minimum atomic E-state index is -1.05. The fourth-order valence-electron chi connectivity index (χ4n) is 4.70. The van der Waals surface area contributed by atoms with Gasteiger partial charge in [-0.25, -0.2) is 43.9 Å². The molecule has 0 fully saturated rings. The normalized spacial score (nSPS) is 10.7. The summed E-state index contributed by atoms with van der Waals surface area (Å²) in [7, 11) is 5.70. The minimum Gasteiger partial charge on any atom is -0.478 e. The van der Waals surface area contributed by atoms with E-state index in [9.17, 15) is 28.8 Å². The third-order valence-corrected chi connectivity index (χ3v) is 7.79. The van der Waals surface area contributed by atoms with E-state index in [1.165, 1.54) is 48.5 Å². The second kappa shape index (κ2) is 23.5. The largest absolute Gasteiger partial charge is 0.478 e. The highest BCUT2D eigenvalue weighted by Crippen LogP contribution is 2.22. The number of anilines is 2. The maximum atomic E-state index is 12.5. The minimum absolute atomic E-state index is 0.0430. The summed E-state index contributed by atoms with van der Waals surface area (Å²) in [5, 5.41) is 11.7. The second-order valence-corrected chi connectivity index (χ2v) is 15.3. The molecule has 0 aliphatic rings. The van der Waals surface area contributed by atoms with E-state index in [1.54, 1.807) is 71.3 Å². The first-order valence-electron chi connectivity index (χ1n) is 19.1. The van der Waals surface area contributed by atoms with Gasteiger partial charge in [-0.2, -0.15) is 0 Å². The number of aromatic nitrogens is 4. The smallest absolute Gasteiger partial charge is 0.410 e. The number of rotatable bonds is 11. The van der Waals surface area contributed by atoms with Crippen LogP contribution in [0.4, 0.5) is 21.2 Å². The molecule has 0 unspecified atom stereocenters. The molecule has 2 heterocycles. The molecule has 0 radical (unpaired) electrons. The molecule has 0 aliphatic heterocycles. The quantitative estimate of drug-likeness (QED) is 0.104. The highest BCUT2D eigenvalue weighted by molar-refractivity contribution is 5.96. The van der Waals surface area contributed by atoms with E-state index in [-0.39, 0.29) is 53.7 Å². The standard InChI is InChI=1S/C21H27N5O5.C13H11N3O4.C8H18N2O2/c1-21(2,3)31-20(29)26(4)10-9-23-18(27)14-8-6-7-13(11-14)15-12-24-17(22)16(25-15)19(28)30-5;1-20-13(19)10-11(14)15-6-9(16-10)7-3-2-4-8(5-7)12(17)18;1-8(2,3)12-7(11)10(4)6-5-9/h6-8,11-12H,9-10H2,1-5H3,(H2,22,24)(H,23,27);2-6H,1H3,(H2,14,15)(H,17,18);5-6,9H2,1-4H3. The summed E-state index contributed by atoms with van der Waals surface area (Å²) in [5.74, 6) is -2.87. The fraction of sp³-hybridized carbons (Fsp3) is 0.381. The summed E-state index contributed by atoms with van der Waals surface area (Å²) in [6, 6.07) is 12.8. The maximum Gasteiger partial charge on any atom is 0.410 e. The van der Waals surface area contributed by atoms with E-state index in [2.05, 4.69) is 34.7 Å². The van der Waals surface area contributed by atoms with E-state index >= 15 is 0 Å². The number of esters is 2. The van der Waals surface area contributed by atoms with Crippen molar-refractivity contribution in [2.45, 2.75) is 52.7 Å². The SMILES string of the molecule is CN(CCN)C(=O)OC(C)(C)C.COC(=O)c1nc(-c2cccc(C(=O)NCCN(C)C(=O)OC(C)(C)C)c2)cnc1N.COC(=O)c1nc(-c2cccc(C(=O)O)c2)cnc1N. The Morgan fingerprint density at radius 3 is 1.49 bits per heavy atom. The first-order valence-corrected chi connectivity index (χ1v) is 19.1. The summed E-state index contributed by atoms with van der Waals surface area (Å²) in [6.45, 7) is 12.4. The van der Waals surface area contributed by atoms with Crippen LogP contribution < -0.4 is 22.5 Å². The molecule has 0 bridgehead atoms. The van der Waals surface area contributed by atoms with Crippen LogP contribution in [0.2, 0.25) is 0 Å². The molecular formula is C42H56N10O11. The van der Waals surface area contributed by atoms with E-state index in [1.807, 2.05) is 20.8 Å². The van der Waals surface area contributed by atoms with Crippen LogP contribution in [-0.4, -0.2) is 137 Å². The lowest BCUT2D eigenvalue weighted by Gasteiger charge is -2.24. The highest BCUT2D eigenvalue weighted by Gasteiger charge is 2.21. The first-order chi connectivity index (χ1) is 29.4. The number of benzene rings is 2. The van der Waals surface area contributed by atoms with Gasteiger partial charge in [-0.05, 0) is 65.8 Å². The molecule has 0 spiro atoms. The number of aromatic carboxylic acids is 1. The van der Waals surface area contributed by atoms with Crippen LogP contribution in [0.5, 0.6) is 0 Å². The average molecular weight is 877 g/mol. The van der Waals surface area contributed by atoms with Crippen LogP contribution in [-0.2, 0) is 18.9 Å². The van der Waals surface area contributed by atoms with Crippen LogP contribution in [0.25, 0.3) is 22.5 Å². The van der Waals surface area contributed by atoms with Crippen molar-refractivity contribution < 1.29 is 52.8 Å². The molecule has 0 saturated heterocycles. The van der Waals surface area contributed by atoms with Crippen LogP contribution in [0.3, 0.4) is 0 Å². The number of hydrogen-bond acceptors (Lipinski definition) is 17. The Hall–Kier alpha value is -7.42. The van der Waals surface area contributed by atoms with Gasteiger partial charge in [-0.3, -0.25) is 4.79 Å². The molecule has 0 atom stereocenters. The lowest BCUT2D eigenvalue weighted by atomic mass is 10.1. The number of hydrogen-bond donors (Lipinski definition) is 5. The molecule has 4 rings (SSSR count). The number of nitrogen functional groups attached to an aromatic ring is 2. The zero-order valence-electron chi connectivity index (χ0n) is 37.0. The summed E-state index contributed by atoms with van der Waals surface area (Å²) >= 11 is 0. The highest BCUT2D eigenvalue weighted by atomic mass is 16.6. The van der Waals surface area contributed by atoms with Crippen LogP contribution in [0.15, 0.2) is 60.9 Å². The van der Waals surface area contributed by atoms with E-state index < -0.39 is 35.2 Å². The Morgan fingerprint density at radius 1 is 0.683 bits per heavy atom. The van der Waals surface area contributed by atoms with Gasteiger partial charge < -0.3 is 56.4 Å². The number of nitrogens with zero attached hydrogens (tertiary/aromatic N) is 6. The molecule has 0 saturated carbocycles. The summed E-state index contributed by atoms with van der Waals surface area (Å²) < 4.78 is 19.6. The molecule has 63 heavy (non-hydrogen) atoms. The Balaban J connectivity index is 0.000000364. The van der Waals surface area contributed by atoms with Crippen molar-refractivity contribution in [3.8, 4) is 22.5 Å². The van der Waals surface area contributed by atoms with Crippen molar-refractivity contribution in [2.24, 2.45) is 5.73 Å². The summed E-state index contributed by atoms with van der Waals surface area (Å²) in [5.41, 5.74) is 17.6. The van der Waals surface area contributed by atoms with Gasteiger partial charge in [0.15, 0.2) is 23.0 Å². The topological polar surface area (TPSA) is 308 Å². The van der Waals surface area contributed by atoms with E-state index in [4.69, 9.17) is 31.8 Å². The van der Waals surface area contributed by atoms with Crippen molar-refractivity contribution in [1.29, 1.82) is 0 Å². The van der Waals surface area contributed by atoms with Gasteiger partial charge in [0.1, 0.15) is 11.2 Å². The van der Waals surface area contributed by atoms with Gasteiger partial charge >= 0.3 is 30.1 Å². The molecule has 4 aromatic rings. The average Bonchev–Trinajstić information content (AvgIpc) is 3.22. The third-order valence-electron chi connectivity index (χ3n) is 7.79. The second-order valence-electron chi connectivity index (χ2n) is 15.3. The number of nitrogens with one attached hydrogen (secondary N) is 1. The lowest BCUT2D eigenvalue weighted by molar-refractivity contribution is 0.0291. The van der Waals surface area contributed by atoms with Gasteiger partial charge in [0.25, 0.3) is 5.91 Å². The number of methoxy groups -OCH3 is 2. The van der Waals surface area contributed by atoms with Crippen LogP contribution in [0, 0.1) is 0 Å². The van der Waals surface area contributed by atoms with Crippen molar-refractivity contribution in [3.05, 3.63) is 83.4 Å². The molecule has 2 aromatic heterocycles. The maximum absolute atomic E-state index is 12.5. The number of nitrogens with two attached hydrogens (primary N) is 3. The monoisotopic (exact) mass is 876 g/mol. The number of carbonyl (C=O) groups is 6. The number of carbonyl (C=O) groups excluding carboxylic acids is 5. The number of amides is 3. The molecule has 2 aromatic carbocycles. The first kappa shape index (κ1) is 51.7. The predicted molar refractivity (Wildman–Crippen MR) is 233 cm³/mol. The Labute approximate surface area is 365 Å². The molecule has 21 heteroatoms. The zero-order chi connectivity index (χ0) is 47.7. The van der Waals surface area contributed by atoms with Gasteiger partial charge in [-0.1, -0.05) is 24.3 Å². The Bertz CT molecular complexity index is 2240. The Kier molecular flexibility index (Phi) is 19.3. The summed E-state index contributed by atoms with van der Waals surface area (Å²) in [6.07, 6.45) is 1.98. The molecule has 0 aliphatic carbocycles.